The van der Waals surface area contributed by atoms with Crippen molar-refractivity contribution in [1.29, 1.82) is 0 Å². The Balaban J connectivity index is 1.89. The van der Waals surface area contributed by atoms with E-state index in [2.05, 4.69) is 10.3 Å². The molecule has 5 nitrogen and oxygen atoms in total. The molecule has 1 aromatic carbocycles. The zero-order valence-corrected chi connectivity index (χ0v) is 11.5. The van der Waals surface area contributed by atoms with Crippen molar-refractivity contribution in [1.82, 2.24) is 10.8 Å². The molecule has 2 rings (SSSR count). The summed E-state index contributed by atoms with van der Waals surface area (Å²) in [6.07, 6.45) is 5.47. The highest BCUT2D eigenvalue weighted by molar-refractivity contribution is 6.37. The van der Waals surface area contributed by atoms with Crippen LogP contribution in [0.5, 0.6) is 0 Å². The van der Waals surface area contributed by atoms with Crippen LogP contribution in [0.2, 0.25) is 0 Å². The number of hydroxylamine groups is 1. The Labute approximate surface area is 119 Å². The van der Waals surface area contributed by atoms with Gasteiger partial charge in [-0.15, -0.1) is 0 Å². The quantitative estimate of drug-likeness (QED) is 0.449. The zero-order chi connectivity index (χ0) is 14.2. The van der Waals surface area contributed by atoms with E-state index >= 15 is 0 Å². The number of hydrogen-bond acceptors (Lipinski definition) is 3. The smallest absolute Gasteiger partial charge is 0.288 e. The van der Waals surface area contributed by atoms with Crippen LogP contribution in [0.4, 0.5) is 0 Å². The third kappa shape index (κ3) is 4.35. The second-order valence-corrected chi connectivity index (χ2v) is 5.05. The van der Waals surface area contributed by atoms with Gasteiger partial charge in [0.25, 0.3) is 5.91 Å². The molecule has 3 N–H and O–H groups in total. The fourth-order valence-corrected chi connectivity index (χ4v) is 2.39. The van der Waals surface area contributed by atoms with Gasteiger partial charge < -0.3 is 5.32 Å². The number of amides is 1. The molecular formula is C15H21N3O2. The SMILES string of the molecule is O=C(NCc1ccccc1)C(=NC1CCCCC1)NO. The van der Waals surface area contributed by atoms with Gasteiger partial charge in [-0.05, 0) is 18.4 Å². The normalized spacial score (nSPS) is 16.8. The van der Waals surface area contributed by atoms with Crippen LogP contribution in [0.25, 0.3) is 0 Å². The summed E-state index contributed by atoms with van der Waals surface area (Å²) in [5.74, 6) is -0.366. The second kappa shape index (κ2) is 7.65. The molecule has 0 heterocycles. The average molecular weight is 275 g/mol. The molecule has 1 fully saturated rings. The lowest BCUT2D eigenvalue weighted by atomic mass is 9.96. The van der Waals surface area contributed by atoms with Crippen LogP contribution in [0, 0.1) is 0 Å². The minimum absolute atomic E-state index is 0.00725. The van der Waals surface area contributed by atoms with Gasteiger partial charge in [0, 0.05) is 6.54 Å². The molecule has 1 amide bonds. The molecule has 1 saturated carbocycles. The van der Waals surface area contributed by atoms with Gasteiger partial charge in [0.15, 0.2) is 0 Å². The summed E-state index contributed by atoms with van der Waals surface area (Å²) >= 11 is 0. The second-order valence-electron chi connectivity index (χ2n) is 5.05. The summed E-state index contributed by atoms with van der Waals surface area (Å²) in [6.45, 7) is 0.422. The van der Waals surface area contributed by atoms with Crippen LogP contribution >= 0.6 is 0 Å². The number of nitrogens with one attached hydrogen (secondary N) is 2. The molecule has 0 spiro atoms. The van der Waals surface area contributed by atoms with Crippen molar-refractivity contribution in [2.45, 2.75) is 44.7 Å². The Morgan fingerprint density at radius 1 is 1.20 bits per heavy atom. The van der Waals surface area contributed by atoms with Crippen molar-refractivity contribution in [3.05, 3.63) is 35.9 Å². The Morgan fingerprint density at radius 2 is 1.90 bits per heavy atom. The fraction of sp³-hybridized carbons (Fsp3) is 0.467. The lowest BCUT2D eigenvalue weighted by Gasteiger charge is -2.18. The molecule has 0 aromatic heterocycles. The highest BCUT2D eigenvalue weighted by Crippen LogP contribution is 2.20. The maximum Gasteiger partial charge on any atom is 0.288 e. The Morgan fingerprint density at radius 3 is 2.55 bits per heavy atom. The van der Waals surface area contributed by atoms with Crippen molar-refractivity contribution in [3.8, 4) is 0 Å². The summed E-state index contributed by atoms with van der Waals surface area (Å²) < 4.78 is 0. The van der Waals surface area contributed by atoms with Crippen molar-refractivity contribution in [3.63, 3.8) is 0 Å². The number of amidine groups is 1. The van der Waals surface area contributed by atoms with Gasteiger partial charge in [0.2, 0.25) is 5.84 Å². The molecule has 0 unspecified atom stereocenters. The number of aliphatic imine (C=N–C) groups is 1. The Kier molecular flexibility index (Phi) is 5.55. The first kappa shape index (κ1) is 14.5. The van der Waals surface area contributed by atoms with Gasteiger partial charge in [0.05, 0.1) is 6.04 Å². The van der Waals surface area contributed by atoms with Crippen LogP contribution < -0.4 is 10.8 Å². The Hall–Kier alpha value is -1.88. The predicted octanol–water partition coefficient (Wildman–Crippen LogP) is 2.01. The maximum absolute atomic E-state index is 12.0. The first-order valence-corrected chi connectivity index (χ1v) is 7.09. The lowest BCUT2D eigenvalue weighted by molar-refractivity contribution is -0.115. The number of benzene rings is 1. The molecule has 1 aliphatic carbocycles. The van der Waals surface area contributed by atoms with E-state index in [1.165, 1.54) is 6.42 Å². The zero-order valence-electron chi connectivity index (χ0n) is 11.5. The molecule has 5 heteroatoms. The summed E-state index contributed by atoms with van der Waals surface area (Å²) in [4.78, 5) is 16.3. The first-order valence-electron chi connectivity index (χ1n) is 7.09. The van der Waals surface area contributed by atoms with Crippen molar-refractivity contribution in [2.75, 3.05) is 0 Å². The topological polar surface area (TPSA) is 73.7 Å². The van der Waals surface area contributed by atoms with Crippen LogP contribution in [-0.2, 0) is 11.3 Å². The van der Waals surface area contributed by atoms with E-state index in [4.69, 9.17) is 5.21 Å². The molecule has 0 saturated heterocycles. The minimum Gasteiger partial charge on any atom is -0.345 e. The molecule has 1 aliphatic rings. The predicted molar refractivity (Wildman–Crippen MR) is 77.5 cm³/mol. The Bertz CT molecular complexity index is 453. The number of rotatable bonds is 3. The monoisotopic (exact) mass is 275 g/mol. The van der Waals surface area contributed by atoms with Gasteiger partial charge in [-0.1, -0.05) is 49.6 Å². The summed E-state index contributed by atoms with van der Waals surface area (Å²) in [5, 5.41) is 11.8. The minimum atomic E-state index is -0.373. The summed E-state index contributed by atoms with van der Waals surface area (Å²) in [6, 6.07) is 9.78. The van der Waals surface area contributed by atoms with Crippen molar-refractivity contribution >= 4 is 11.7 Å². The third-order valence-electron chi connectivity index (χ3n) is 3.50. The maximum atomic E-state index is 12.0. The molecule has 0 bridgehead atoms. The summed E-state index contributed by atoms with van der Waals surface area (Å²) in [5.41, 5.74) is 2.93. The van der Waals surface area contributed by atoms with E-state index in [1.54, 1.807) is 0 Å². The lowest BCUT2D eigenvalue weighted by Crippen LogP contribution is -2.39. The van der Waals surface area contributed by atoms with Gasteiger partial charge >= 0.3 is 0 Å². The molecule has 0 aliphatic heterocycles. The van der Waals surface area contributed by atoms with E-state index < -0.39 is 0 Å². The largest absolute Gasteiger partial charge is 0.345 e. The number of nitrogens with zero attached hydrogens (tertiary/aromatic N) is 1. The van der Waals surface area contributed by atoms with Crippen molar-refractivity contribution < 1.29 is 10.0 Å². The fourth-order valence-electron chi connectivity index (χ4n) is 2.39. The van der Waals surface area contributed by atoms with E-state index in [9.17, 15) is 4.79 Å². The molecule has 0 atom stereocenters. The van der Waals surface area contributed by atoms with Gasteiger partial charge in [0.1, 0.15) is 0 Å². The highest BCUT2D eigenvalue weighted by Gasteiger charge is 2.16. The van der Waals surface area contributed by atoms with E-state index in [0.717, 1.165) is 31.2 Å². The standard InChI is InChI=1S/C15H21N3O2/c19-15(16-11-12-7-3-1-4-8-12)14(18-20)17-13-9-5-2-6-10-13/h1,3-4,7-8,13,20H,2,5-6,9-11H2,(H,16,19)(H,17,18). The van der Waals surface area contributed by atoms with Gasteiger partial charge in [-0.3, -0.25) is 15.0 Å². The molecule has 1 aromatic rings. The average Bonchev–Trinajstić information content (AvgIpc) is 2.52. The number of carbonyl (C=O) groups excluding carboxylic acids is 1. The highest BCUT2D eigenvalue weighted by atomic mass is 16.5. The van der Waals surface area contributed by atoms with Crippen LogP contribution in [0.1, 0.15) is 37.7 Å². The number of hydrogen-bond donors (Lipinski definition) is 3. The molecular weight excluding hydrogens is 254 g/mol. The molecule has 0 radical (unpaired) electrons. The van der Waals surface area contributed by atoms with Crippen molar-refractivity contribution in [2.24, 2.45) is 4.99 Å². The van der Waals surface area contributed by atoms with E-state index in [1.807, 2.05) is 35.8 Å². The number of carbonyl (C=O) groups is 1. The van der Waals surface area contributed by atoms with Crippen LogP contribution in [-0.4, -0.2) is 23.0 Å². The van der Waals surface area contributed by atoms with Crippen LogP contribution in [0.3, 0.4) is 0 Å². The van der Waals surface area contributed by atoms with Gasteiger partial charge in [-0.2, -0.15) is 0 Å². The first-order chi connectivity index (χ1) is 9.79. The van der Waals surface area contributed by atoms with E-state index in [0.29, 0.717) is 6.54 Å². The molecule has 20 heavy (non-hydrogen) atoms. The third-order valence-corrected chi connectivity index (χ3v) is 3.50. The summed E-state index contributed by atoms with van der Waals surface area (Å²) in [7, 11) is 0. The molecule has 108 valence electrons. The van der Waals surface area contributed by atoms with Gasteiger partial charge in [-0.25, -0.2) is 5.48 Å². The van der Waals surface area contributed by atoms with E-state index in [-0.39, 0.29) is 17.8 Å². The van der Waals surface area contributed by atoms with Crippen LogP contribution in [0.15, 0.2) is 35.3 Å².